The van der Waals surface area contributed by atoms with Crippen LogP contribution >= 0.6 is 0 Å². The maximum Gasteiger partial charge on any atom is 0.339 e. The number of carboxylic acids is 2. The Kier molecular flexibility index (Phi) is 2.36. The molecule has 1 rings (SSSR count). The molecule has 0 radical (unpaired) electrons. The van der Waals surface area contributed by atoms with E-state index in [2.05, 4.69) is 0 Å². The maximum absolute atomic E-state index is 10.6. The molecule has 1 aromatic rings. The molecule has 1 aromatic heterocycles. The lowest BCUT2D eigenvalue weighted by Gasteiger charge is -1.94. The number of carbonyl (C=O) groups is 2. The summed E-state index contributed by atoms with van der Waals surface area (Å²) >= 11 is 0. The summed E-state index contributed by atoms with van der Waals surface area (Å²) in [5.41, 5.74) is 0.381. The summed E-state index contributed by atoms with van der Waals surface area (Å²) < 4.78 is 4.81. The number of hydrogen-bond acceptors (Lipinski definition) is 3. The second-order valence-electron chi connectivity index (χ2n) is 2.59. The van der Waals surface area contributed by atoms with Gasteiger partial charge in [-0.1, -0.05) is 0 Å². The molecule has 13 heavy (non-hydrogen) atoms. The SMILES string of the molecule is Cc1coc(CC(=O)O)c1C(=O)O. The monoisotopic (exact) mass is 184 g/mol. The predicted octanol–water partition coefficient (Wildman–Crippen LogP) is 0.913. The topological polar surface area (TPSA) is 87.7 Å². The Hall–Kier alpha value is -1.78. The molecule has 0 saturated carbocycles. The van der Waals surface area contributed by atoms with E-state index in [4.69, 9.17) is 14.6 Å². The fourth-order valence-corrected chi connectivity index (χ4v) is 1.05. The number of aromatic carboxylic acids is 1. The van der Waals surface area contributed by atoms with Crippen LogP contribution in [0.4, 0.5) is 0 Å². The van der Waals surface area contributed by atoms with Gasteiger partial charge in [0.05, 0.1) is 6.26 Å². The van der Waals surface area contributed by atoms with E-state index < -0.39 is 18.4 Å². The first-order valence-electron chi connectivity index (χ1n) is 3.54. The number of aryl methyl sites for hydroxylation is 1. The predicted molar refractivity (Wildman–Crippen MR) is 41.7 cm³/mol. The van der Waals surface area contributed by atoms with Gasteiger partial charge in [-0.05, 0) is 6.92 Å². The number of rotatable bonds is 3. The fourth-order valence-electron chi connectivity index (χ4n) is 1.05. The quantitative estimate of drug-likeness (QED) is 0.728. The molecule has 0 amide bonds. The number of furan rings is 1. The summed E-state index contributed by atoms with van der Waals surface area (Å²) in [4.78, 5) is 20.9. The first-order valence-corrected chi connectivity index (χ1v) is 3.54. The van der Waals surface area contributed by atoms with Gasteiger partial charge >= 0.3 is 11.9 Å². The Labute approximate surface area is 73.6 Å². The molecule has 0 bridgehead atoms. The molecule has 0 atom stereocenters. The molecule has 0 spiro atoms. The lowest BCUT2D eigenvalue weighted by Crippen LogP contribution is -2.06. The summed E-state index contributed by atoms with van der Waals surface area (Å²) in [5, 5.41) is 17.1. The molecule has 70 valence electrons. The Balaban J connectivity index is 3.07. The molecule has 2 N–H and O–H groups in total. The zero-order valence-electron chi connectivity index (χ0n) is 6.90. The van der Waals surface area contributed by atoms with Gasteiger partial charge in [-0.2, -0.15) is 0 Å². The standard InChI is InChI=1S/C8H8O5/c1-4-3-13-5(2-6(9)10)7(4)8(11)12/h3H,2H2,1H3,(H,9,10)(H,11,12). The van der Waals surface area contributed by atoms with Gasteiger partial charge in [-0.15, -0.1) is 0 Å². The first-order chi connectivity index (χ1) is 6.02. The molecule has 0 aliphatic heterocycles. The van der Waals surface area contributed by atoms with E-state index in [-0.39, 0.29) is 11.3 Å². The van der Waals surface area contributed by atoms with Crippen LogP contribution in [0.3, 0.4) is 0 Å². The molecule has 5 heteroatoms. The number of carboxylic acid groups (broad SMARTS) is 2. The summed E-state index contributed by atoms with van der Waals surface area (Å²) in [6, 6.07) is 0. The van der Waals surface area contributed by atoms with Crippen LogP contribution in [0.5, 0.6) is 0 Å². The normalized spacial score (nSPS) is 9.92. The van der Waals surface area contributed by atoms with E-state index in [1.54, 1.807) is 6.92 Å². The number of hydrogen-bond donors (Lipinski definition) is 2. The second kappa shape index (κ2) is 3.30. The van der Waals surface area contributed by atoms with Gasteiger partial charge in [0.25, 0.3) is 0 Å². The zero-order chi connectivity index (χ0) is 10.0. The van der Waals surface area contributed by atoms with Crippen molar-refractivity contribution in [3.63, 3.8) is 0 Å². The molecule has 0 aliphatic rings. The van der Waals surface area contributed by atoms with Crippen molar-refractivity contribution in [1.82, 2.24) is 0 Å². The Bertz CT molecular complexity index is 349. The van der Waals surface area contributed by atoms with E-state index >= 15 is 0 Å². The third-order valence-electron chi connectivity index (χ3n) is 1.58. The van der Waals surface area contributed by atoms with Crippen LogP contribution in [0, 0.1) is 6.92 Å². The van der Waals surface area contributed by atoms with E-state index in [1.807, 2.05) is 0 Å². The molecule has 5 nitrogen and oxygen atoms in total. The Morgan fingerprint density at radius 1 is 1.46 bits per heavy atom. The maximum atomic E-state index is 10.6. The van der Waals surface area contributed by atoms with Crippen molar-refractivity contribution in [3.8, 4) is 0 Å². The minimum Gasteiger partial charge on any atom is -0.481 e. The smallest absolute Gasteiger partial charge is 0.339 e. The van der Waals surface area contributed by atoms with Crippen LogP contribution in [-0.2, 0) is 11.2 Å². The highest BCUT2D eigenvalue weighted by Crippen LogP contribution is 2.16. The van der Waals surface area contributed by atoms with E-state index in [1.165, 1.54) is 6.26 Å². The van der Waals surface area contributed by atoms with Crippen molar-refractivity contribution < 1.29 is 24.2 Å². The highest BCUT2D eigenvalue weighted by molar-refractivity contribution is 5.91. The van der Waals surface area contributed by atoms with Crippen LogP contribution in [0.2, 0.25) is 0 Å². The highest BCUT2D eigenvalue weighted by Gasteiger charge is 2.19. The van der Waals surface area contributed by atoms with E-state index in [0.717, 1.165) is 0 Å². The summed E-state index contributed by atoms with van der Waals surface area (Å²) in [6.07, 6.45) is 0.831. The summed E-state index contributed by atoms with van der Waals surface area (Å²) in [5.74, 6) is -2.29. The van der Waals surface area contributed by atoms with Gasteiger partial charge in [-0.3, -0.25) is 4.79 Å². The van der Waals surface area contributed by atoms with Crippen LogP contribution < -0.4 is 0 Å². The fraction of sp³-hybridized carbons (Fsp3) is 0.250. The molecule has 0 aromatic carbocycles. The lowest BCUT2D eigenvalue weighted by molar-refractivity contribution is -0.136. The third kappa shape index (κ3) is 1.87. The van der Waals surface area contributed by atoms with Gasteiger partial charge in [-0.25, -0.2) is 4.79 Å². The van der Waals surface area contributed by atoms with Crippen LogP contribution in [0.25, 0.3) is 0 Å². The Morgan fingerprint density at radius 3 is 2.54 bits per heavy atom. The average Bonchev–Trinajstić information content (AvgIpc) is 2.30. The lowest BCUT2D eigenvalue weighted by atomic mass is 10.1. The van der Waals surface area contributed by atoms with Crippen LogP contribution in [-0.4, -0.2) is 22.2 Å². The molecule has 0 saturated heterocycles. The van der Waals surface area contributed by atoms with Gasteiger partial charge in [0.1, 0.15) is 17.7 Å². The average molecular weight is 184 g/mol. The second-order valence-corrected chi connectivity index (χ2v) is 2.59. The zero-order valence-corrected chi connectivity index (χ0v) is 6.90. The summed E-state index contributed by atoms with van der Waals surface area (Å²) in [6.45, 7) is 1.55. The van der Waals surface area contributed by atoms with Crippen molar-refractivity contribution >= 4 is 11.9 Å². The van der Waals surface area contributed by atoms with Crippen LogP contribution in [0.15, 0.2) is 10.7 Å². The van der Waals surface area contributed by atoms with E-state index in [0.29, 0.717) is 5.56 Å². The molecular weight excluding hydrogens is 176 g/mol. The van der Waals surface area contributed by atoms with E-state index in [9.17, 15) is 9.59 Å². The molecule has 0 aliphatic carbocycles. The van der Waals surface area contributed by atoms with Crippen molar-refractivity contribution in [2.24, 2.45) is 0 Å². The van der Waals surface area contributed by atoms with Crippen molar-refractivity contribution in [1.29, 1.82) is 0 Å². The molecule has 0 unspecified atom stereocenters. The van der Waals surface area contributed by atoms with Crippen LogP contribution in [0.1, 0.15) is 21.7 Å². The van der Waals surface area contributed by atoms with Gasteiger partial charge in [0, 0.05) is 5.56 Å². The van der Waals surface area contributed by atoms with Crippen molar-refractivity contribution in [3.05, 3.63) is 23.2 Å². The molecular formula is C8H8O5. The largest absolute Gasteiger partial charge is 0.481 e. The first kappa shape index (κ1) is 9.31. The van der Waals surface area contributed by atoms with Gasteiger partial charge in [0.15, 0.2) is 0 Å². The third-order valence-corrected chi connectivity index (χ3v) is 1.58. The Morgan fingerprint density at radius 2 is 2.08 bits per heavy atom. The van der Waals surface area contributed by atoms with Gasteiger partial charge in [0.2, 0.25) is 0 Å². The summed E-state index contributed by atoms with van der Waals surface area (Å²) in [7, 11) is 0. The molecule has 1 heterocycles. The highest BCUT2D eigenvalue weighted by atomic mass is 16.4. The van der Waals surface area contributed by atoms with Crippen molar-refractivity contribution in [2.45, 2.75) is 13.3 Å². The van der Waals surface area contributed by atoms with Crippen molar-refractivity contribution in [2.75, 3.05) is 0 Å². The minimum atomic E-state index is -1.16. The number of aliphatic carboxylic acids is 1. The minimum absolute atomic E-state index is 0.0162. The van der Waals surface area contributed by atoms with Gasteiger partial charge < -0.3 is 14.6 Å². The molecule has 0 fully saturated rings.